The van der Waals surface area contributed by atoms with Gasteiger partial charge in [-0.2, -0.15) is 0 Å². The first-order chi connectivity index (χ1) is 9.29. The Morgan fingerprint density at radius 2 is 2.16 bits per heavy atom. The summed E-state index contributed by atoms with van der Waals surface area (Å²) in [5, 5.41) is 8.73. The SMILES string of the molecule is O=C(NC1CC1)c1csc(C2CC2NCC2CC2)c1. The van der Waals surface area contributed by atoms with E-state index < -0.39 is 0 Å². The summed E-state index contributed by atoms with van der Waals surface area (Å²) < 4.78 is 0. The van der Waals surface area contributed by atoms with Crippen LogP contribution in [0.3, 0.4) is 0 Å². The Labute approximate surface area is 117 Å². The van der Waals surface area contributed by atoms with Crippen molar-refractivity contribution >= 4 is 17.2 Å². The van der Waals surface area contributed by atoms with Crippen molar-refractivity contribution in [2.45, 2.75) is 50.1 Å². The summed E-state index contributed by atoms with van der Waals surface area (Å²) in [4.78, 5) is 13.3. The van der Waals surface area contributed by atoms with Crippen LogP contribution in [0.1, 0.15) is 53.3 Å². The van der Waals surface area contributed by atoms with E-state index in [-0.39, 0.29) is 5.91 Å². The molecule has 2 N–H and O–H groups in total. The van der Waals surface area contributed by atoms with Crippen molar-refractivity contribution < 1.29 is 4.79 Å². The first-order valence-corrected chi connectivity index (χ1v) is 8.30. The summed E-state index contributed by atoms with van der Waals surface area (Å²) in [6, 6.07) is 3.22. The molecule has 2 unspecified atom stereocenters. The molecule has 2 atom stereocenters. The molecule has 3 fully saturated rings. The van der Waals surface area contributed by atoms with E-state index in [9.17, 15) is 4.79 Å². The second kappa shape index (κ2) is 4.60. The van der Waals surface area contributed by atoms with Crippen LogP contribution in [0.25, 0.3) is 0 Å². The number of hydrogen-bond donors (Lipinski definition) is 2. The maximum atomic E-state index is 11.9. The molecule has 3 saturated carbocycles. The molecule has 102 valence electrons. The molecule has 0 aliphatic heterocycles. The third kappa shape index (κ3) is 2.84. The molecule has 1 aromatic heterocycles. The molecule has 1 heterocycles. The molecule has 0 bridgehead atoms. The molecular formula is C15H20N2OS. The molecule has 0 spiro atoms. The van der Waals surface area contributed by atoms with Gasteiger partial charge in [-0.1, -0.05) is 0 Å². The van der Waals surface area contributed by atoms with Gasteiger partial charge in [-0.3, -0.25) is 4.79 Å². The maximum Gasteiger partial charge on any atom is 0.252 e. The monoisotopic (exact) mass is 276 g/mol. The third-order valence-electron chi connectivity index (χ3n) is 4.32. The van der Waals surface area contributed by atoms with Crippen LogP contribution < -0.4 is 10.6 Å². The molecule has 19 heavy (non-hydrogen) atoms. The van der Waals surface area contributed by atoms with Gasteiger partial charge in [0.05, 0.1) is 5.56 Å². The van der Waals surface area contributed by atoms with Crippen LogP contribution in [0, 0.1) is 5.92 Å². The van der Waals surface area contributed by atoms with E-state index in [1.807, 2.05) is 5.38 Å². The van der Waals surface area contributed by atoms with Gasteiger partial charge in [0.25, 0.3) is 5.91 Å². The van der Waals surface area contributed by atoms with Crippen LogP contribution in [-0.2, 0) is 0 Å². The van der Waals surface area contributed by atoms with Crippen molar-refractivity contribution in [2.75, 3.05) is 6.54 Å². The number of thiophene rings is 1. The van der Waals surface area contributed by atoms with Crippen LogP contribution in [0.2, 0.25) is 0 Å². The average Bonchev–Trinajstić information content (AvgIpc) is 3.24. The van der Waals surface area contributed by atoms with Crippen LogP contribution in [0.15, 0.2) is 11.4 Å². The van der Waals surface area contributed by atoms with Gasteiger partial charge in [-0.05, 0) is 50.6 Å². The predicted molar refractivity (Wildman–Crippen MR) is 76.7 cm³/mol. The van der Waals surface area contributed by atoms with Gasteiger partial charge in [0.1, 0.15) is 0 Å². The van der Waals surface area contributed by atoms with Gasteiger partial charge in [0, 0.05) is 28.3 Å². The average molecular weight is 276 g/mol. The van der Waals surface area contributed by atoms with Crippen LogP contribution >= 0.6 is 11.3 Å². The van der Waals surface area contributed by atoms with Crippen LogP contribution in [-0.4, -0.2) is 24.5 Å². The van der Waals surface area contributed by atoms with Gasteiger partial charge >= 0.3 is 0 Å². The summed E-state index contributed by atoms with van der Waals surface area (Å²) in [6.07, 6.45) is 6.37. The Hall–Kier alpha value is -0.870. The summed E-state index contributed by atoms with van der Waals surface area (Å²) in [7, 11) is 0. The summed E-state index contributed by atoms with van der Waals surface area (Å²) >= 11 is 1.75. The number of nitrogens with one attached hydrogen (secondary N) is 2. The molecule has 3 aliphatic rings. The quantitative estimate of drug-likeness (QED) is 0.838. The Kier molecular flexibility index (Phi) is 2.88. The minimum Gasteiger partial charge on any atom is -0.349 e. The van der Waals surface area contributed by atoms with Crippen LogP contribution in [0.5, 0.6) is 0 Å². The molecule has 3 aliphatic carbocycles. The fraction of sp³-hybridized carbons (Fsp3) is 0.667. The summed E-state index contributed by atoms with van der Waals surface area (Å²) in [6.45, 7) is 1.20. The van der Waals surface area contributed by atoms with Crippen molar-refractivity contribution in [3.63, 3.8) is 0 Å². The largest absolute Gasteiger partial charge is 0.349 e. The molecule has 0 aromatic carbocycles. The van der Waals surface area contributed by atoms with Gasteiger partial charge < -0.3 is 10.6 Å². The number of carbonyl (C=O) groups is 1. The lowest BCUT2D eigenvalue weighted by molar-refractivity contribution is 0.0951. The highest BCUT2D eigenvalue weighted by atomic mass is 32.1. The number of hydrogen-bond acceptors (Lipinski definition) is 3. The first-order valence-electron chi connectivity index (χ1n) is 7.42. The van der Waals surface area contributed by atoms with E-state index in [1.54, 1.807) is 11.3 Å². The van der Waals surface area contributed by atoms with E-state index in [2.05, 4.69) is 16.7 Å². The Morgan fingerprint density at radius 3 is 2.89 bits per heavy atom. The first kappa shape index (κ1) is 11.9. The highest BCUT2D eigenvalue weighted by Gasteiger charge is 2.40. The molecule has 3 nitrogen and oxygen atoms in total. The van der Waals surface area contributed by atoms with E-state index in [0.717, 1.165) is 24.3 Å². The second-order valence-corrected chi connectivity index (χ2v) is 7.23. The fourth-order valence-electron chi connectivity index (χ4n) is 2.54. The number of amides is 1. The lowest BCUT2D eigenvalue weighted by atomic mass is 10.2. The zero-order chi connectivity index (χ0) is 12.8. The van der Waals surface area contributed by atoms with Crippen molar-refractivity contribution in [3.05, 3.63) is 21.9 Å². The Bertz CT molecular complexity index is 490. The van der Waals surface area contributed by atoms with E-state index in [1.165, 1.54) is 30.7 Å². The number of carbonyl (C=O) groups excluding carboxylic acids is 1. The topological polar surface area (TPSA) is 41.1 Å². The number of rotatable bonds is 6. The molecule has 4 rings (SSSR count). The molecule has 0 radical (unpaired) electrons. The lowest BCUT2D eigenvalue weighted by Crippen LogP contribution is -2.24. The molecular weight excluding hydrogens is 256 g/mol. The summed E-state index contributed by atoms with van der Waals surface area (Å²) in [5.41, 5.74) is 0.861. The van der Waals surface area contributed by atoms with Crippen molar-refractivity contribution in [2.24, 2.45) is 5.92 Å². The van der Waals surface area contributed by atoms with E-state index in [4.69, 9.17) is 0 Å². The van der Waals surface area contributed by atoms with E-state index >= 15 is 0 Å². The molecule has 4 heteroatoms. The Balaban J connectivity index is 1.31. The normalized spacial score (nSPS) is 29.3. The maximum absolute atomic E-state index is 11.9. The lowest BCUT2D eigenvalue weighted by Gasteiger charge is -2.01. The highest BCUT2D eigenvalue weighted by Crippen LogP contribution is 2.44. The van der Waals surface area contributed by atoms with Crippen molar-refractivity contribution in [1.29, 1.82) is 0 Å². The van der Waals surface area contributed by atoms with Crippen molar-refractivity contribution in [3.8, 4) is 0 Å². The van der Waals surface area contributed by atoms with Gasteiger partial charge in [0.2, 0.25) is 0 Å². The molecule has 1 aromatic rings. The van der Waals surface area contributed by atoms with E-state index in [0.29, 0.717) is 18.0 Å². The van der Waals surface area contributed by atoms with Crippen LogP contribution in [0.4, 0.5) is 0 Å². The standard InChI is InChI=1S/C15H20N2OS/c18-15(17-11-3-4-11)10-5-14(19-8-10)12-6-13(12)16-7-9-1-2-9/h5,8-9,11-13,16H,1-4,6-7H2,(H,17,18). The molecule has 1 amide bonds. The summed E-state index contributed by atoms with van der Waals surface area (Å²) in [5.74, 6) is 1.73. The smallest absolute Gasteiger partial charge is 0.252 e. The highest BCUT2D eigenvalue weighted by molar-refractivity contribution is 7.10. The Morgan fingerprint density at radius 1 is 1.32 bits per heavy atom. The van der Waals surface area contributed by atoms with Gasteiger partial charge in [0.15, 0.2) is 0 Å². The minimum absolute atomic E-state index is 0.119. The van der Waals surface area contributed by atoms with Crippen molar-refractivity contribution in [1.82, 2.24) is 10.6 Å². The molecule has 0 saturated heterocycles. The zero-order valence-corrected chi connectivity index (χ0v) is 11.8. The predicted octanol–water partition coefficient (Wildman–Crippen LogP) is 2.50. The minimum atomic E-state index is 0.119. The fourth-order valence-corrected chi connectivity index (χ4v) is 3.61. The van der Waals surface area contributed by atoms with Gasteiger partial charge in [-0.15, -0.1) is 11.3 Å². The second-order valence-electron chi connectivity index (χ2n) is 6.29. The van der Waals surface area contributed by atoms with Gasteiger partial charge in [-0.25, -0.2) is 0 Å². The third-order valence-corrected chi connectivity index (χ3v) is 5.38. The zero-order valence-electron chi connectivity index (χ0n) is 11.0.